The Hall–Kier alpha value is -1.00. The molecule has 0 aliphatic carbocycles. The molecular weight excluding hydrogens is 261 g/mol. The Kier molecular flexibility index (Phi) is 3.74. The van der Waals surface area contributed by atoms with E-state index < -0.39 is 0 Å². The number of nitrogens with zero attached hydrogens (tertiary/aromatic N) is 2. The first kappa shape index (κ1) is 12.5. The summed E-state index contributed by atoms with van der Waals surface area (Å²) in [5.74, 6) is 0.794. The van der Waals surface area contributed by atoms with Gasteiger partial charge < -0.3 is 10.2 Å². The molecule has 1 fully saturated rings. The van der Waals surface area contributed by atoms with E-state index in [1.54, 1.807) is 24.2 Å². The molecule has 2 heterocycles. The van der Waals surface area contributed by atoms with Gasteiger partial charge in [-0.15, -0.1) is 0 Å². The van der Waals surface area contributed by atoms with Crippen molar-refractivity contribution in [2.24, 2.45) is 0 Å². The summed E-state index contributed by atoms with van der Waals surface area (Å²) in [4.78, 5) is 17.2. The van der Waals surface area contributed by atoms with E-state index in [4.69, 9.17) is 23.2 Å². The summed E-state index contributed by atoms with van der Waals surface area (Å²) in [7, 11) is 1.80. The summed E-state index contributed by atoms with van der Waals surface area (Å²) in [5.41, 5.74) is 0. The molecule has 0 bridgehead atoms. The first-order valence-electron chi connectivity index (χ1n) is 5.38. The molecule has 92 valence electrons. The summed E-state index contributed by atoms with van der Waals surface area (Å²) in [6.45, 7) is 0.666. The fourth-order valence-corrected chi connectivity index (χ4v) is 2.28. The van der Waals surface area contributed by atoms with Crippen LogP contribution in [0.1, 0.15) is 12.8 Å². The molecule has 1 aromatic rings. The molecular formula is C11H13Cl2N3O. The number of likely N-dealkylation sites (tertiary alicyclic amines) is 1. The third kappa shape index (κ3) is 3.01. The van der Waals surface area contributed by atoms with Gasteiger partial charge in [-0.2, -0.15) is 0 Å². The molecule has 1 atom stereocenters. The van der Waals surface area contributed by atoms with Gasteiger partial charge in [-0.3, -0.25) is 4.79 Å². The van der Waals surface area contributed by atoms with Crippen LogP contribution < -0.4 is 5.32 Å². The maximum atomic E-state index is 11.3. The molecule has 1 aromatic heterocycles. The quantitative estimate of drug-likeness (QED) is 0.900. The summed E-state index contributed by atoms with van der Waals surface area (Å²) >= 11 is 11.8. The zero-order chi connectivity index (χ0) is 12.4. The Morgan fingerprint density at radius 3 is 2.94 bits per heavy atom. The third-order valence-electron chi connectivity index (χ3n) is 2.78. The van der Waals surface area contributed by atoms with Crippen LogP contribution in [0.25, 0.3) is 0 Å². The van der Waals surface area contributed by atoms with E-state index in [1.165, 1.54) is 0 Å². The zero-order valence-electron chi connectivity index (χ0n) is 9.41. The molecule has 0 saturated carbocycles. The molecule has 0 radical (unpaired) electrons. The van der Waals surface area contributed by atoms with E-state index >= 15 is 0 Å². The number of carbonyl (C=O) groups excluding carboxylic acids is 1. The number of pyridine rings is 1. The molecule has 1 amide bonds. The van der Waals surface area contributed by atoms with Gasteiger partial charge in [-0.05, 0) is 12.5 Å². The van der Waals surface area contributed by atoms with Crippen LogP contribution in [-0.4, -0.2) is 35.4 Å². The van der Waals surface area contributed by atoms with Gasteiger partial charge in [0.05, 0.1) is 10.0 Å². The Morgan fingerprint density at radius 2 is 2.29 bits per heavy atom. The van der Waals surface area contributed by atoms with Crippen LogP contribution in [0.3, 0.4) is 0 Å². The lowest BCUT2D eigenvalue weighted by Crippen LogP contribution is -2.43. The number of hydrogen-bond donors (Lipinski definition) is 1. The Balaban J connectivity index is 2.03. The number of nitrogens with one attached hydrogen (secondary N) is 1. The smallest absolute Gasteiger partial charge is 0.222 e. The predicted octanol–water partition coefficient (Wildman–Crippen LogP) is 2.42. The van der Waals surface area contributed by atoms with Crippen molar-refractivity contribution in [1.82, 2.24) is 9.88 Å². The minimum atomic E-state index is 0.179. The van der Waals surface area contributed by atoms with Gasteiger partial charge in [0.15, 0.2) is 0 Å². The van der Waals surface area contributed by atoms with Gasteiger partial charge >= 0.3 is 0 Å². The van der Waals surface area contributed by atoms with Crippen molar-refractivity contribution in [1.29, 1.82) is 0 Å². The molecule has 17 heavy (non-hydrogen) atoms. The standard InChI is InChI=1S/C11H13Cl2N3O/c1-16-6-8(2-3-10(16)17)15-11-9(13)4-7(12)5-14-11/h4-5,8H,2-3,6H2,1H3,(H,14,15). The molecule has 1 unspecified atom stereocenters. The van der Waals surface area contributed by atoms with E-state index in [9.17, 15) is 4.79 Å². The van der Waals surface area contributed by atoms with Crippen LogP contribution in [0.15, 0.2) is 12.3 Å². The van der Waals surface area contributed by atoms with E-state index in [0.717, 1.165) is 6.42 Å². The third-order valence-corrected chi connectivity index (χ3v) is 3.27. The molecule has 2 rings (SSSR count). The number of hydrogen-bond acceptors (Lipinski definition) is 3. The van der Waals surface area contributed by atoms with E-state index in [2.05, 4.69) is 10.3 Å². The van der Waals surface area contributed by atoms with E-state index in [1.807, 2.05) is 0 Å². The summed E-state index contributed by atoms with van der Waals surface area (Å²) in [6.07, 6.45) is 2.90. The second kappa shape index (κ2) is 5.10. The number of likely N-dealkylation sites (N-methyl/N-ethyl adjacent to an activating group) is 1. The van der Waals surface area contributed by atoms with Crippen molar-refractivity contribution >= 4 is 34.9 Å². The monoisotopic (exact) mass is 273 g/mol. The Bertz CT molecular complexity index is 439. The topological polar surface area (TPSA) is 45.2 Å². The lowest BCUT2D eigenvalue weighted by molar-refractivity contribution is -0.132. The first-order valence-corrected chi connectivity index (χ1v) is 6.13. The zero-order valence-corrected chi connectivity index (χ0v) is 10.9. The fraction of sp³-hybridized carbons (Fsp3) is 0.455. The number of halogens is 2. The van der Waals surface area contributed by atoms with Crippen LogP contribution in [0.4, 0.5) is 5.82 Å². The number of rotatable bonds is 2. The average Bonchev–Trinajstić information content (AvgIpc) is 2.27. The number of aromatic nitrogens is 1. The van der Waals surface area contributed by atoms with Crippen molar-refractivity contribution in [2.75, 3.05) is 18.9 Å². The maximum Gasteiger partial charge on any atom is 0.222 e. The van der Waals surface area contributed by atoms with Gasteiger partial charge in [0.1, 0.15) is 5.82 Å². The minimum absolute atomic E-state index is 0.179. The second-order valence-corrected chi connectivity index (χ2v) is 4.98. The average molecular weight is 274 g/mol. The van der Waals surface area contributed by atoms with Crippen molar-refractivity contribution in [2.45, 2.75) is 18.9 Å². The molecule has 0 aromatic carbocycles. The maximum absolute atomic E-state index is 11.3. The van der Waals surface area contributed by atoms with Gasteiger partial charge in [0, 0.05) is 32.3 Å². The van der Waals surface area contributed by atoms with Crippen molar-refractivity contribution in [3.63, 3.8) is 0 Å². The first-order chi connectivity index (χ1) is 8.06. The van der Waals surface area contributed by atoms with Gasteiger partial charge in [0.25, 0.3) is 0 Å². The van der Waals surface area contributed by atoms with Crippen LogP contribution in [0.2, 0.25) is 10.0 Å². The summed E-state index contributed by atoms with van der Waals surface area (Å²) in [5, 5.41) is 4.24. The normalized spacial score (nSPS) is 20.5. The van der Waals surface area contributed by atoms with Crippen molar-refractivity contribution < 1.29 is 4.79 Å². The largest absolute Gasteiger partial charge is 0.364 e. The SMILES string of the molecule is CN1CC(Nc2ncc(Cl)cc2Cl)CCC1=O. The van der Waals surface area contributed by atoms with Crippen LogP contribution in [-0.2, 0) is 4.79 Å². The number of amides is 1. The molecule has 1 aliphatic rings. The van der Waals surface area contributed by atoms with Gasteiger partial charge in [0.2, 0.25) is 5.91 Å². The molecule has 0 spiro atoms. The highest BCUT2D eigenvalue weighted by Gasteiger charge is 2.23. The van der Waals surface area contributed by atoms with E-state index in [0.29, 0.717) is 28.8 Å². The molecule has 1 saturated heterocycles. The fourth-order valence-electron chi connectivity index (χ4n) is 1.84. The number of carbonyl (C=O) groups is 1. The minimum Gasteiger partial charge on any atom is -0.364 e. The highest BCUT2D eigenvalue weighted by molar-refractivity contribution is 6.35. The Morgan fingerprint density at radius 1 is 1.53 bits per heavy atom. The second-order valence-electron chi connectivity index (χ2n) is 4.14. The Labute approximate surface area is 110 Å². The number of anilines is 1. The predicted molar refractivity (Wildman–Crippen MR) is 68.5 cm³/mol. The highest BCUT2D eigenvalue weighted by Crippen LogP contribution is 2.24. The van der Waals surface area contributed by atoms with E-state index in [-0.39, 0.29) is 11.9 Å². The lowest BCUT2D eigenvalue weighted by atomic mass is 10.1. The van der Waals surface area contributed by atoms with Gasteiger partial charge in [-0.1, -0.05) is 23.2 Å². The van der Waals surface area contributed by atoms with Gasteiger partial charge in [-0.25, -0.2) is 4.98 Å². The summed E-state index contributed by atoms with van der Waals surface area (Å²) in [6, 6.07) is 1.83. The molecule has 1 N–H and O–H groups in total. The van der Waals surface area contributed by atoms with Crippen molar-refractivity contribution in [3.8, 4) is 0 Å². The highest BCUT2D eigenvalue weighted by atomic mass is 35.5. The van der Waals surface area contributed by atoms with Crippen molar-refractivity contribution in [3.05, 3.63) is 22.3 Å². The number of piperidine rings is 1. The van der Waals surface area contributed by atoms with Crippen LogP contribution in [0.5, 0.6) is 0 Å². The lowest BCUT2D eigenvalue weighted by Gasteiger charge is -2.30. The molecule has 6 heteroatoms. The van der Waals surface area contributed by atoms with Crippen LogP contribution >= 0.6 is 23.2 Å². The van der Waals surface area contributed by atoms with Crippen LogP contribution in [0, 0.1) is 0 Å². The molecule has 1 aliphatic heterocycles. The summed E-state index contributed by atoms with van der Waals surface area (Å²) < 4.78 is 0. The molecule has 4 nitrogen and oxygen atoms in total.